The Morgan fingerprint density at radius 3 is 2.17 bits per heavy atom. The highest BCUT2D eigenvalue weighted by Crippen LogP contribution is 2.13. The summed E-state index contributed by atoms with van der Waals surface area (Å²) >= 11 is 0. The van der Waals surface area contributed by atoms with Crippen molar-refractivity contribution < 1.29 is 13.9 Å². The van der Waals surface area contributed by atoms with E-state index >= 15 is 0 Å². The van der Waals surface area contributed by atoms with Crippen LogP contribution >= 0.6 is 0 Å². The molecule has 12 heavy (non-hydrogen) atoms. The Bertz CT molecular complexity index is 320. The Balaban J connectivity index is 3.30. The molecule has 0 heterocycles. The van der Waals surface area contributed by atoms with E-state index in [9.17, 15) is 8.78 Å². The van der Waals surface area contributed by atoms with Crippen molar-refractivity contribution in [2.75, 3.05) is 0 Å². The number of nitriles is 1. The smallest absolute Gasteiger partial charge is 0.144 e. The molecule has 1 rings (SSSR count). The number of benzene rings is 1. The lowest BCUT2D eigenvalue weighted by Crippen LogP contribution is -1.94. The Kier molecular flexibility index (Phi) is 2.36. The maximum absolute atomic E-state index is 12.7. The second-order valence-corrected chi connectivity index (χ2v) is 2.20. The molecule has 0 aliphatic rings. The van der Waals surface area contributed by atoms with E-state index in [2.05, 4.69) is 0 Å². The molecule has 0 spiro atoms. The van der Waals surface area contributed by atoms with Crippen LogP contribution < -0.4 is 0 Å². The molecule has 0 unspecified atom stereocenters. The molecule has 0 aliphatic carbocycles. The lowest BCUT2D eigenvalue weighted by molar-refractivity contribution is 0.280. The largest absolute Gasteiger partial charge is 0.392 e. The van der Waals surface area contributed by atoms with E-state index < -0.39 is 23.8 Å². The van der Waals surface area contributed by atoms with Crippen LogP contribution in [-0.2, 0) is 6.61 Å². The van der Waals surface area contributed by atoms with Crippen LogP contribution in [0.3, 0.4) is 0 Å². The summed E-state index contributed by atoms with van der Waals surface area (Å²) in [5, 5.41) is 16.8. The van der Waals surface area contributed by atoms with Crippen molar-refractivity contribution in [1.82, 2.24) is 0 Å². The lowest BCUT2D eigenvalue weighted by atomic mass is 10.1. The first-order valence-corrected chi connectivity index (χ1v) is 3.18. The highest BCUT2D eigenvalue weighted by molar-refractivity contribution is 5.34. The minimum Gasteiger partial charge on any atom is -0.392 e. The quantitative estimate of drug-likeness (QED) is 0.689. The predicted molar refractivity (Wildman–Crippen MR) is 37.0 cm³/mol. The summed E-state index contributed by atoms with van der Waals surface area (Å²) in [5.74, 6) is -1.89. The number of aliphatic hydroxyl groups is 1. The number of hydrogen-bond acceptors (Lipinski definition) is 2. The molecular formula is C8H5F2NO. The fourth-order valence-electron chi connectivity index (χ4n) is 0.824. The monoisotopic (exact) mass is 169 g/mol. The molecule has 0 aromatic heterocycles. The average molecular weight is 169 g/mol. The van der Waals surface area contributed by atoms with Crippen molar-refractivity contribution in [3.8, 4) is 6.07 Å². The molecule has 0 radical (unpaired) electrons. The summed E-state index contributed by atoms with van der Waals surface area (Å²) in [4.78, 5) is 0. The minimum absolute atomic E-state index is 0.115. The minimum atomic E-state index is -0.943. The number of halogens is 2. The van der Waals surface area contributed by atoms with Gasteiger partial charge in [0.1, 0.15) is 23.3 Å². The van der Waals surface area contributed by atoms with Gasteiger partial charge in [0.2, 0.25) is 0 Å². The van der Waals surface area contributed by atoms with Crippen LogP contribution in [0.25, 0.3) is 0 Å². The van der Waals surface area contributed by atoms with Crippen molar-refractivity contribution in [2.24, 2.45) is 0 Å². The number of nitrogens with zero attached hydrogens (tertiary/aromatic N) is 1. The summed E-state index contributed by atoms with van der Waals surface area (Å²) in [6.45, 7) is -0.445. The average Bonchev–Trinajstić information content (AvgIpc) is 2.03. The van der Waals surface area contributed by atoms with Crippen molar-refractivity contribution in [1.29, 1.82) is 5.26 Å². The zero-order chi connectivity index (χ0) is 9.14. The fourth-order valence-corrected chi connectivity index (χ4v) is 0.824. The van der Waals surface area contributed by atoms with E-state index in [-0.39, 0.29) is 5.56 Å². The fraction of sp³-hybridized carbons (Fsp3) is 0.125. The Morgan fingerprint density at radius 2 is 1.83 bits per heavy atom. The van der Waals surface area contributed by atoms with E-state index in [0.717, 1.165) is 12.1 Å². The molecule has 0 saturated heterocycles. The Hall–Kier alpha value is -1.47. The van der Waals surface area contributed by atoms with Crippen LogP contribution in [0.15, 0.2) is 12.1 Å². The number of aliphatic hydroxyl groups excluding tert-OH is 1. The van der Waals surface area contributed by atoms with Crippen molar-refractivity contribution in [3.05, 3.63) is 34.9 Å². The van der Waals surface area contributed by atoms with E-state index in [0.29, 0.717) is 0 Å². The lowest BCUT2D eigenvalue weighted by Gasteiger charge is -1.98. The van der Waals surface area contributed by atoms with Gasteiger partial charge in [-0.25, -0.2) is 8.78 Å². The van der Waals surface area contributed by atoms with Crippen molar-refractivity contribution in [2.45, 2.75) is 6.61 Å². The molecule has 0 atom stereocenters. The molecule has 1 aromatic carbocycles. The van der Waals surface area contributed by atoms with E-state index in [1.807, 2.05) is 0 Å². The molecule has 62 valence electrons. The summed E-state index contributed by atoms with van der Waals surface area (Å²) in [6.07, 6.45) is 0. The van der Waals surface area contributed by atoms with Crippen LogP contribution in [-0.4, -0.2) is 5.11 Å². The van der Waals surface area contributed by atoms with Crippen LogP contribution in [0.4, 0.5) is 8.78 Å². The Morgan fingerprint density at radius 1 is 1.33 bits per heavy atom. The van der Waals surface area contributed by atoms with Gasteiger partial charge < -0.3 is 5.11 Å². The van der Waals surface area contributed by atoms with Gasteiger partial charge in [-0.2, -0.15) is 5.26 Å². The Labute approximate surface area is 67.7 Å². The van der Waals surface area contributed by atoms with E-state index in [4.69, 9.17) is 10.4 Å². The van der Waals surface area contributed by atoms with Gasteiger partial charge in [0.15, 0.2) is 0 Å². The molecule has 1 aromatic rings. The van der Waals surface area contributed by atoms with Gasteiger partial charge in [0.05, 0.1) is 6.61 Å². The maximum Gasteiger partial charge on any atom is 0.144 e. The molecule has 2 nitrogen and oxygen atoms in total. The van der Waals surface area contributed by atoms with Gasteiger partial charge in [-0.15, -0.1) is 0 Å². The highest BCUT2D eigenvalue weighted by Gasteiger charge is 2.09. The summed E-state index contributed by atoms with van der Waals surface area (Å²) < 4.78 is 25.4. The SMILES string of the molecule is N#Cc1c(F)cc(CO)cc1F. The zero-order valence-corrected chi connectivity index (χ0v) is 6.01. The molecule has 0 fully saturated rings. The van der Waals surface area contributed by atoms with Gasteiger partial charge in [0, 0.05) is 0 Å². The first-order valence-electron chi connectivity index (χ1n) is 3.18. The summed E-state index contributed by atoms with van der Waals surface area (Å²) in [6, 6.07) is 3.25. The molecular weight excluding hydrogens is 164 g/mol. The molecule has 4 heteroatoms. The van der Waals surface area contributed by atoms with Gasteiger partial charge in [-0.1, -0.05) is 0 Å². The van der Waals surface area contributed by atoms with Gasteiger partial charge in [-0.05, 0) is 17.7 Å². The molecule has 0 saturated carbocycles. The van der Waals surface area contributed by atoms with Gasteiger partial charge in [-0.3, -0.25) is 0 Å². The standard InChI is InChI=1S/C8H5F2NO/c9-7-1-5(4-12)2-8(10)6(7)3-11/h1-2,12H,4H2. The second-order valence-electron chi connectivity index (χ2n) is 2.20. The van der Waals surface area contributed by atoms with Crippen LogP contribution in [0.2, 0.25) is 0 Å². The van der Waals surface area contributed by atoms with Crippen LogP contribution in [0.5, 0.6) is 0 Å². The predicted octanol–water partition coefficient (Wildman–Crippen LogP) is 1.33. The van der Waals surface area contributed by atoms with E-state index in [1.165, 1.54) is 6.07 Å². The topological polar surface area (TPSA) is 44.0 Å². The van der Waals surface area contributed by atoms with E-state index in [1.54, 1.807) is 0 Å². The van der Waals surface area contributed by atoms with Gasteiger partial charge >= 0.3 is 0 Å². The molecule has 0 aliphatic heterocycles. The highest BCUT2D eigenvalue weighted by atomic mass is 19.1. The first kappa shape index (κ1) is 8.62. The maximum atomic E-state index is 12.7. The zero-order valence-electron chi connectivity index (χ0n) is 6.01. The van der Waals surface area contributed by atoms with Crippen molar-refractivity contribution in [3.63, 3.8) is 0 Å². The molecule has 0 amide bonds. The van der Waals surface area contributed by atoms with Crippen LogP contribution in [0, 0.1) is 23.0 Å². The molecule has 0 bridgehead atoms. The second kappa shape index (κ2) is 3.28. The summed E-state index contributed by atoms with van der Waals surface area (Å²) in [5.41, 5.74) is -0.504. The van der Waals surface area contributed by atoms with Crippen LogP contribution in [0.1, 0.15) is 11.1 Å². The molecule has 1 N–H and O–H groups in total. The third-order valence-electron chi connectivity index (χ3n) is 1.40. The first-order chi connectivity index (χ1) is 5.69. The number of hydrogen-bond donors (Lipinski definition) is 1. The summed E-state index contributed by atoms with van der Waals surface area (Å²) in [7, 11) is 0. The third kappa shape index (κ3) is 1.41. The third-order valence-corrected chi connectivity index (χ3v) is 1.40. The van der Waals surface area contributed by atoms with Crippen molar-refractivity contribution >= 4 is 0 Å². The van der Waals surface area contributed by atoms with Gasteiger partial charge in [0.25, 0.3) is 0 Å². The normalized spacial score (nSPS) is 9.50. The number of rotatable bonds is 1.